The Hall–Kier alpha value is 0.246. The first-order valence-electron chi connectivity index (χ1n) is 8.00. The zero-order chi connectivity index (χ0) is 16.0. The standard InChI is InChI=1S/C18H24O3S.K/c1-2-3-4-5-6-7-12-17-16-11-9-8-10-15(16)13-14-18(17)22(19,20)21;/h8-11,13-14H,2-7,12H2,1H3,(H,19,20,21);/q;+1/p-1. The molecule has 0 radical (unpaired) electrons. The fourth-order valence-electron chi connectivity index (χ4n) is 2.89. The third-order valence-corrected chi connectivity index (χ3v) is 4.97. The number of hydrogen-bond donors (Lipinski definition) is 0. The fraction of sp³-hybridized carbons (Fsp3) is 0.444. The summed E-state index contributed by atoms with van der Waals surface area (Å²) in [6, 6.07) is 10.8. The van der Waals surface area contributed by atoms with Crippen LogP contribution in [0.4, 0.5) is 0 Å². The van der Waals surface area contributed by atoms with Gasteiger partial charge in [0.05, 0.1) is 4.90 Å². The number of unbranched alkanes of at least 4 members (excludes halogenated alkanes) is 5. The minimum atomic E-state index is -4.43. The van der Waals surface area contributed by atoms with E-state index in [9.17, 15) is 13.0 Å². The average molecular weight is 359 g/mol. The molecule has 0 bridgehead atoms. The molecule has 0 amide bonds. The second kappa shape index (κ2) is 10.3. The van der Waals surface area contributed by atoms with Gasteiger partial charge >= 0.3 is 51.4 Å². The molecule has 2 rings (SSSR count). The molecule has 0 aliphatic carbocycles. The molecule has 0 aliphatic rings. The normalized spacial score (nSPS) is 11.4. The Morgan fingerprint density at radius 2 is 1.57 bits per heavy atom. The Balaban J connectivity index is 0.00000264. The quantitative estimate of drug-likeness (QED) is 0.410. The summed E-state index contributed by atoms with van der Waals surface area (Å²) in [6.45, 7) is 2.18. The molecule has 0 N–H and O–H groups in total. The molecule has 0 spiro atoms. The molecule has 2 aromatic rings. The van der Waals surface area contributed by atoms with Gasteiger partial charge in [-0.15, -0.1) is 0 Å². The monoisotopic (exact) mass is 358 g/mol. The molecular formula is C18H23KO3S. The maximum absolute atomic E-state index is 11.5. The Morgan fingerprint density at radius 1 is 0.913 bits per heavy atom. The van der Waals surface area contributed by atoms with Crippen molar-refractivity contribution in [2.24, 2.45) is 0 Å². The minimum absolute atomic E-state index is 0. The van der Waals surface area contributed by atoms with Crippen molar-refractivity contribution in [3.8, 4) is 0 Å². The molecule has 0 aromatic heterocycles. The van der Waals surface area contributed by atoms with Crippen LogP contribution in [-0.2, 0) is 16.5 Å². The van der Waals surface area contributed by atoms with Crippen LogP contribution in [0, 0.1) is 0 Å². The number of aryl methyl sites for hydroxylation is 1. The van der Waals surface area contributed by atoms with Gasteiger partial charge in [0.2, 0.25) is 0 Å². The van der Waals surface area contributed by atoms with Crippen LogP contribution in [0.2, 0.25) is 0 Å². The summed E-state index contributed by atoms with van der Waals surface area (Å²) in [5.74, 6) is 0. The van der Waals surface area contributed by atoms with Crippen LogP contribution in [0.1, 0.15) is 51.0 Å². The average Bonchev–Trinajstić information content (AvgIpc) is 2.49. The molecule has 0 unspecified atom stereocenters. The number of rotatable bonds is 8. The fourth-order valence-corrected chi connectivity index (χ4v) is 3.64. The summed E-state index contributed by atoms with van der Waals surface area (Å²) < 4.78 is 34.5. The van der Waals surface area contributed by atoms with Crippen molar-refractivity contribution in [3.05, 3.63) is 42.0 Å². The van der Waals surface area contributed by atoms with E-state index in [4.69, 9.17) is 0 Å². The maximum atomic E-state index is 11.5. The van der Waals surface area contributed by atoms with Gasteiger partial charge in [0.25, 0.3) is 0 Å². The summed E-state index contributed by atoms with van der Waals surface area (Å²) >= 11 is 0. The molecule has 0 fully saturated rings. The summed E-state index contributed by atoms with van der Waals surface area (Å²) in [6.07, 6.45) is 7.47. The Morgan fingerprint density at radius 3 is 2.26 bits per heavy atom. The zero-order valence-electron chi connectivity index (χ0n) is 14.0. The maximum Gasteiger partial charge on any atom is 1.00 e. The summed E-state index contributed by atoms with van der Waals surface area (Å²) in [5.41, 5.74) is 0.684. The Kier molecular flexibility index (Phi) is 9.52. The molecule has 3 nitrogen and oxygen atoms in total. The molecule has 0 saturated heterocycles. The predicted octanol–water partition coefficient (Wildman–Crippen LogP) is 1.65. The van der Waals surface area contributed by atoms with E-state index in [2.05, 4.69) is 6.92 Å². The van der Waals surface area contributed by atoms with E-state index in [0.29, 0.717) is 12.0 Å². The smallest absolute Gasteiger partial charge is 0.744 e. The first-order chi connectivity index (χ1) is 10.5. The number of hydrogen-bond acceptors (Lipinski definition) is 3. The van der Waals surface area contributed by atoms with Gasteiger partial charge < -0.3 is 4.55 Å². The Labute approximate surface area is 182 Å². The van der Waals surface area contributed by atoms with Crippen LogP contribution < -0.4 is 51.4 Å². The van der Waals surface area contributed by atoms with Crippen LogP contribution in [0.25, 0.3) is 10.8 Å². The van der Waals surface area contributed by atoms with E-state index in [1.54, 1.807) is 6.07 Å². The molecule has 120 valence electrons. The van der Waals surface area contributed by atoms with Crippen LogP contribution >= 0.6 is 0 Å². The second-order valence-electron chi connectivity index (χ2n) is 5.74. The SMILES string of the molecule is CCCCCCCCc1c(S(=O)(=O)[O-])ccc2ccccc12.[K+]. The van der Waals surface area contributed by atoms with E-state index >= 15 is 0 Å². The molecule has 0 aliphatic heterocycles. The van der Waals surface area contributed by atoms with Gasteiger partial charge in [-0.2, -0.15) is 0 Å². The Bertz CT molecular complexity index is 726. The van der Waals surface area contributed by atoms with Gasteiger partial charge in [-0.05, 0) is 35.2 Å². The van der Waals surface area contributed by atoms with E-state index in [-0.39, 0.29) is 56.3 Å². The van der Waals surface area contributed by atoms with Gasteiger partial charge in [-0.1, -0.05) is 69.4 Å². The minimum Gasteiger partial charge on any atom is -0.744 e. The predicted molar refractivity (Wildman–Crippen MR) is 89.0 cm³/mol. The topological polar surface area (TPSA) is 57.2 Å². The molecule has 0 saturated carbocycles. The van der Waals surface area contributed by atoms with E-state index in [1.807, 2.05) is 24.3 Å². The van der Waals surface area contributed by atoms with Gasteiger partial charge in [0, 0.05) is 0 Å². The summed E-state index contributed by atoms with van der Waals surface area (Å²) in [7, 11) is -4.43. The van der Waals surface area contributed by atoms with Gasteiger partial charge in [0.1, 0.15) is 10.1 Å². The van der Waals surface area contributed by atoms with Crippen molar-refractivity contribution in [3.63, 3.8) is 0 Å². The van der Waals surface area contributed by atoms with Crippen LogP contribution in [0.3, 0.4) is 0 Å². The third kappa shape index (κ3) is 6.23. The van der Waals surface area contributed by atoms with E-state index in [1.165, 1.54) is 25.3 Å². The van der Waals surface area contributed by atoms with Crippen LogP contribution in [0.15, 0.2) is 41.3 Å². The largest absolute Gasteiger partial charge is 1.00 e. The molecule has 0 heterocycles. The molecular weight excluding hydrogens is 335 g/mol. The number of benzene rings is 2. The van der Waals surface area contributed by atoms with Crippen molar-refractivity contribution in [2.75, 3.05) is 0 Å². The van der Waals surface area contributed by atoms with Crippen molar-refractivity contribution in [1.82, 2.24) is 0 Å². The van der Waals surface area contributed by atoms with Gasteiger partial charge in [0.15, 0.2) is 0 Å². The first-order valence-corrected chi connectivity index (χ1v) is 9.41. The van der Waals surface area contributed by atoms with Crippen LogP contribution in [0.5, 0.6) is 0 Å². The zero-order valence-corrected chi connectivity index (χ0v) is 18.0. The molecule has 5 heteroatoms. The van der Waals surface area contributed by atoms with E-state index < -0.39 is 10.1 Å². The van der Waals surface area contributed by atoms with Gasteiger partial charge in [-0.3, -0.25) is 0 Å². The van der Waals surface area contributed by atoms with E-state index in [0.717, 1.165) is 30.0 Å². The number of fused-ring (bicyclic) bond motifs is 1. The van der Waals surface area contributed by atoms with Crippen molar-refractivity contribution >= 4 is 20.9 Å². The molecule has 23 heavy (non-hydrogen) atoms. The van der Waals surface area contributed by atoms with Gasteiger partial charge in [-0.25, -0.2) is 8.42 Å². The second-order valence-corrected chi connectivity index (χ2v) is 7.08. The van der Waals surface area contributed by atoms with Crippen molar-refractivity contribution < 1.29 is 64.4 Å². The van der Waals surface area contributed by atoms with Crippen molar-refractivity contribution in [2.45, 2.75) is 56.8 Å². The summed E-state index contributed by atoms with van der Waals surface area (Å²) in [5, 5.41) is 1.86. The summed E-state index contributed by atoms with van der Waals surface area (Å²) in [4.78, 5) is -0.0558. The van der Waals surface area contributed by atoms with Crippen molar-refractivity contribution in [1.29, 1.82) is 0 Å². The molecule has 0 atom stereocenters. The first kappa shape index (κ1) is 21.3. The van der Waals surface area contributed by atoms with Crippen LogP contribution in [-0.4, -0.2) is 13.0 Å². The third-order valence-electron chi connectivity index (χ3n) is 4.05. The molecule has 2 aromatic carbocycles.